The van der Waals surface area contributed by atoms with Crippen LogP contribution < -0.4 is 4.90 Å². The summed E-state index contributed by atoms with van der Waals surface area (Å²) in [6.07, 6.45) is 0. The van der Waals surface area contributed by atoms with E-state index in [-0.39, 0.29) is 11.9 Å². The van der Waals surface area contributed by atoms with Gasteiger partial charge in [0, 0.05) is 36.8 Å². The molecule has 1 aliphatic rings. The topological polar surface area (TPSA) is 45.4 Å². The fourth-order valence-corrected chi connectivity index (χ4v) is 3.55. The maximum Gasteiger partial charge on any atom is 0.247 e. The Balaban J connectivity index is 1.43. The van der Waals surface area contributed by atoms with E-state index in [1.807, 2.05) is 31.2 Å². The Kier molecular flexibility index (Phi) is 5.09. The highest BCUT2D eigenvalue weighted by molar-refractivity contribution is 6.30. The van der Waals surface area contributed by atoms with Crippen molar-refractivity contribution in [2.24, 2.45) is 0 Å². The molecule has 0 spiro atoms. The minimum absolute atomic E-state index is 0.00629. The van der Waals surface area contributed by atoms with E-state index in [0.717, 1.165) is 31.7 Å². The number of aromatic nitrogens is 2. The molecule has 27 heavy (non-hydrogen) atoms. The minimum Gasteiger partial charge on any atom is -0.419 e. The van der Waals surface area contributed by atoms with E-state index in [2.05, 4.69) is 20.0 Å². The second kappa shape index (κ2) is 7.66. The lowest BCUT2D eigenvalue weighted by Gasteiger charge is -2.38. The van der Waals surface area contributed by atoms with Gasteiger partial charge in [-0.05, 0) is 37.3 Å². The molecule has 1 atom stereocenters. The van der Waals surface area contributed by atoms with Gasteiger partial charge in [0.05, 0.1) is 11.7 Å². The second-order valence-corrected chi connectivity index (χ2v) is 7.04. The molecular formula is C20H20ClFN4O. The molecule has 1 aliphatic heterocycles. The average Bonchev–Trinajstić information content (AvgIpc) is 3.18. The van der Waals surface area contributed by atoms with Gasteiger partial charge in [-0.15, -0.1) is 10.2 Å². The van der Waals surface area contributed by atoms with Crippen LogP contribution in [0, 0.1) is 5.82 Å². The van der Waals surface area contributed by atoms with Gasteiger partial charge in [0.2, 0.25) is 11.8 Å². The number of hydrogen-bond acceptors (Lipinski definition) is 5. The summed E-state index contributed by atoms with van der Waals surface area (Å²) in [5.74, 6) is 0.857. The molecule has 0 amide bonds. The highest BCUT2D eigenvalue weighted by Gasteiger charge is 2.26. The first-order valence-corrected chi connectivity index (χ1v) is 9.32. The Bertz CT molecular complexity index is 924. The molecule has 0 unspecified atom stereocenters. The Morgan fingerprint density at radius 2 is 1.81 bits per heavy atom. The summed E-state index contributed by atoms with van der Waals surface area (Å²) in [7, 11) is 0. The summed E-state index contributed by atoms with van der Waals surface area (Å²) in [5.41, 5.74) is 1.46. The fraction of sp³-hybridized carbons (Fsp3) is 0.300. The molecule has 4 rings (SSSR count). The van der Waals surface area contributed by atoms with Crippen molar-refractivity contribution in [3.8, 4) is 11.5 Å². The number of anilines is 1. The summed E-state index contributed by atoms with van der Waals surface area (Å²) >= 11 is 6.03. The maximum atomic E-state index is 14.0. The monoisotopic (exact) mass is 386 g/mol. The zero-order valence-electron chi connectivity index (χ0n) is 15.0. The van der Waals surface area contributed by atoms with Crippen molar-refractivity contribution in [1.29, 1.82) is 0 Å². The molecule has 0 bridgehead atoms. The first-order valence-electron chi connectivity index (χ1n) is 8.94. The minimum atomic E-state index is -0.179. The molecule has 0 radical (unpaired) electrons. The van der Waals surface area contributed by atoms with Crippen LogP contribution in [0.2, 0.25) is 5.02 Å². The Morgan fingerprint density at radius 3 is 2.56 bits per heavy atom. The van der Waals surface area contributed by atoms with Crippen molar-refractivity contribution in [3.63, 3.8) is 0 Å². The zero-order chi connectivity index (χ0) is 18.8. The lowest BCUT2D eigenvalue weighted by atomic mass is 10.2. The molecule has 2 heterocycles. The van der Waals surface area contributed by atoms with E-state index in [4.69, 9.17) is 16.0 Å². The van der Waals surface area contributed by atoms with Crippen molar-refractivity contribution >= 4 is 17.3 Å². The summed E-state index contributed by atoms with van der Waals surface area (Å²) in [6, 6.07) is 14.2. The molecule has 1 aromatic heterocycles. The molecular weight excluding hydrogens is 367 g/mol. The Labute approximate surface area is 162 Å². The second-order valence-electron chi connectivity index (χ2n) is 6.61. The van der Waals surface area contributed by atoms with Crippen LogP contribution in [0.25, 0.3) is 11.5 Å². The van der Waals surface area contributed by atoms with Crippen LogP contribution in [0.1, 0.15) is 18.9 Å². The smallest absolute Gasteiger partial charge is 0.247 e. The standard InChI is InChI=1S/C20H20ClFN4O/c1-14(19-23-24-20(27-19)15-5-4-6-16(21)13-15)25-9-11-26(12-10-25)18-8-3-2-7-17(18)22/h2-8,13-14H,9-12H2,1H3/t14-/m0/s1. The average molecular weight is 387 g/mol. The fourth-order valence-electron chi connectivity index (χ4n) is 3.36. The number of hydrogen-bond donors (Lipinski definition) is 0. The third-order valence-electron chi connectivity index (χ3n) is 4.92. The summed E-state index contributed by atoms with van der Waals surface area (Å²) in [5, 5.41) is 9.00. The molecule has 3 aromatic rings. The number of piperazine rings is 1. The van der Waals surface area contributed by atoms with E-state index >= 15 is 0 Å². The number of para-hydroxylation sites is 1. The van der Waals surface area contributed by atoms with Gasteiger partial charge >= 0.3 is 0 Å². The number of nitrogens with zero attached hydrogens (tertiary/aromatic N) is 4. The SMILES string of the molecule is C[C@@H](c1nnc(-c2cccc(Cl)c2)o1)N1CCN(c2ccccc2F)CC1. The Morgan fingerprint density at radius 1 is 1.04 bits per heavy atom. The molecule has 0 N–H and O–H groups in total. The largest absolute Gasteiger partial charge is 0.419 e. The van der Waals surface area contributed by atoms with Crippen molar-refractivity contribution < 1.29 is 8.81 Å². The normalized spacial score (nSPS) is 16.5. The maximum absolute atomic E-state index is 14.0. The summed E-state index contributed by atoms with van der Waals surface area (Å²) in [6.45, 7) is 5.14. The van der Waals surface area contributed by atoms with Crippen molar-refractivity contribution in [1.82, 2.24) is 15.1 Å². The van der Waals surface area contributed by atoms with Gasteiger partial charge in [-0.2, -0.15) is 0 Å². The van der Waals surface area contributed by atoms with Gasteiger partial charge in [0.15, 0.2) is 0 Å². The molecule has 0 saturated carbocycles. The first-order chi connectivity index (χ1) is 13.1. The predicted molar refractivity (Wildman–Crippen MR) is 103 cm³/mol. The van der Waals surface area contributed by atoms with Crippen LogP contribution in [-0.2, 0) is 0 Å². The van der Waals surface area contributed by atoms with Gasteiger partial charge in [-0.3, -0.25) is 4.90 Å². The zero-order valence-corrected chi connectivity index (χ0v) is 15.7. The van der Waals surface area contributed by atoms with E-state index in [1.54, 1.807) is 18.2 Å². The third kappa shape index (κ3) is 3.82. The Hall–Kier alpha value is -2.44. The van der Waals surface area contributed by atoms with E-state index in [1.165, 1.54) is 6.07 Å². The van der Waals surface area contributed by atoms with Crippen molar-refractivity contribution in [3.05, 3.63) is 65.3 Å². The molecule has 0 aliphatic carbocycles. The van der Waals surface area contributed by atoms with Gasteiger partial charge in [-0.1, -0.05) is 29.8 Å². The van der Waals surface area contributed by atoms with Crippen LogP contribution in [0.15, 0.2) is 52.9 Å². The van der Waals surface area contributed by atoms with Crippen LogP contribution >= 0.6 is 11.6 Å². The van der Waals surface area contributed by atoms with E-state index < -0.39 is 0 Å². The van der Waals surface area contributed by atoms with Gasteiger partial charge in [-0.25, -0.2) is 4.39 Å². The van der Waals surface area contributed by atoms with Crippen molar-refractivity contribution in [2.75, 3.05) is 31.1 Å². The highest BCUT2D eigenvalue weighted by atomic mass is 35.5. The highest BCUT2D eigenvalue weighted by Crippen LogP contribution is 2.27. The van der Waals surface area contributed by atoms with Crippen LogP contribution in [0.4, 0.5) is 10.1 Å². The van der Waals surface area contributed by atoms with E-state index in [0.29, 0.717) is 22.5 Å². The summed E-state index contributed by atoms with van der Waals surface area (Å²) < 4.78 is 19.9. The predicted octanol–water partition coefficient (Wildman–Crippen LogP) is 4.41. The molecule has 5 nitrogen and oxygen atoms in total. The van der Waals surface area contributed by atoms with E-state index in [9.17, 15) is 4.39 Å². The molecule has 2 aromatic carbocycles. The van der Waals surface area contributed by atoms with Gasteiger partial charge < -0.3 is 9.32 Å². The number of rotatable bonds is 4. The first kappa shape index (κ1) is 17.9. The third-order valence-corrected chi connectivity index (χ3v) is 5.16. The molecule has 1 fully saturated rings. The van der Waals surface area contributed by atoms with Crippen molar-refractivity contribution in [2.45, 2.75) is 13.0 Å². The number of benzene rings is 2. The lowest BCUT2D eigenvalue weighted by Crippen LogP contribution is -2.47. The molecule has 7 heteroatoms. The lowest BCUT2D eigenvalue weighted by molar-refractivity contribution is 0.173. The molecule has 140 valence electrons. The van der Waals surface area contributed by atoms with Gasteiger partial charge in [0.1, 0.15) is 5.82 Å². The molecule has 1 saturated heterocycles. The van der Waals surface area contributed by atoms with Crippen LogP contribution in [-0.4, -0.2) is 41.3 Å². The summed E-state index contributed by atoms with van der Waals surface area (Å²) in [4.78, 5) is 4.34. The number of halogens is 2. The van der Waals surface area contributed by atoms with Crippen LogP contribution in [0.5, 0.6) is 0 Å². The quantitative estimate of drug-likeness (QED) is 0.664. The van der Waals surface area contributed by atoms with Crippen LogP contribution in [0.3, 0.4) is 0 Å². The van der Waals surface area contributed by atoms with Gasteiger partial charge in [0.25, 0.3) is 0 Å².